The van der Waals surface area contributed by atoms with Crippen LogP contribution < -0.4 is 10.0 Å². The molecule has 0 atom stereocenters. The Bertz CT molecular complexity index is 768. The molecule has 0 fully saturated rings. The zero-order chi connectivity index (χ0) is 15.6. The third-order valence-corrected chi connectivity index (χ3v) is 5.00. The van der Waals surface area contributed by atoms with Gasteiger partial charge < -0.3 is 5.73 Å². The number of sulfonamides is 1. The maximum atomic E-state index is 12.6. The summed E-state index contributed by atoms with van der Waals surface area (Å²) in [6.45, 7) is 1.89. The zero-order valence-electron chi connectivity index (χ0n) is 11.9. The summed E-state index contributed by atoms with van der Waals surface area (Å²) in [4.78, 5) is 0.203. The Morgan fingerprint density at radius 3 is 2.24 bits per heavy atom. The summed E-state index contributed by atoms with van der Waals surface area (Å²) in [6.07, 6.45) is 0. The van der Waals surface area contributed by atoms with E-state index in [1.807, 2.05) is 6.92 Å². The number of amidine groups is 1. The number of benzene rings is 2. The first-order valence-corrected chi connectivity index (χ1v) is 7.77. The standard InChI is InChI=1S/C15H17N3O2S/c1-11-7-9-12(10-8-11)21(19,20)18(2)14-6-4-3-5-13(14)15(16)17/h3-10H,1-2H3,(H3,16,17). The van der Waals surface area contributed by atoms with E-state index in [9.17, 15) is 8.42 Å². The molecule has 0 spiro atoms. The molecule has 0 unspecified atom stereocenters. The molecule has 110 valence electrons. The smallest absolute Gasteiger partial charge is 0.264 e. The molecule has 0 saturated carbocycles. The number of hydrogen-bond acceptors (Lipinski definition) is 3. The topological polar surface area (TPSA) is 87.2 Å². The summed E-state index contributed by atoms with van der Waals surface area (Å²) in [5.74, 6) is -0.170. The molecular formula is C15H17N3O2S. The van der Waals surface area contributed by atoms with Crippen molar-refractivity contribution in [3.05, 3.63) is 59.7 Å². The van der Waals surface area contributed by atoms with Crippen molar-refractivity contribution in [3.63, 3.8) is 0 Å². The van der Waals surface area contributed by atoms with Gasteiger partial charge in [-0.05, 0) is 31.2 Å². The molecule has 2 aromatic rings. The highest BCUT2D eigenvalue weighted by atomic mass is 32.2. The Kier molecular flexibility index (Phi) is 3.99. The fourth-order valence-corrected chi connectivity index (χ4v) is 3.19. The molecule has 0 heterocycles. The highest BCUT2D eigenvalue weighted by Crippen LogP contribution is 2.25. The summed E-state index contributed by atoms with van der Waals surface area (Å²) in [5, 5.41) is 7.56. The van der Waals surface area contributed by atoms with E-state index in [4.69, 9.17) is 11.1 Å². The molecule has 0 radical (unpaired) electrons. The van der Waals surface area contributed by atoms with Crippen molar-refractivity contribution < 1.29 is 8.42 Å². The van der Waals surface area contributed by atoms with Gasteiger partial charge in [-0.2, -0.15) is 0 Å². The Hall–Kier alpha value is -2.34. The number of nitrogens with two attached hydrogens (primary N) is 1. The normalized spacial score (nSPS) is 11.1. The SMILES string of the molecule is Cc1ccc(S(=O)(=O)N(C)c2ccccc2C(=N)N)cc1. The van der Waals surface area contributed by atoms with Gasteiger partial charge in [0.05, 0.1) is 10.6 Å². The second kappa shape index (κ2) is 5.57. The molecule has 0 bridgehead atoms. The fourth-order valence-electron chi connectivity index (χ4n) is 1.97. The Labute approximate surface area is 124 Å². The molecule has 0 aromatic heterocycles. The zero-order valence-corrected chi connectivity index (χ0v) is 12.7. The van der Waals surface area contributed by atoms with Crippen LogP contribution in [0.3, 0.4) is 0 Å². The molecular weight excluding hydrogens is 286 g/mol. The van der Waals surface area contributed by atoms with Gasteiger partial charge in [-0.15, -0.1) is 0 Å². The Balaban J connectivity index is 2.51. The predicted octanol–water partition coefficient (Wildman–Crippen LogP) is 2.10. The van der Waals surface area contributed by atoms with Crippen LogP contribution in [0, 0.1) is 12.3 Å². The number of rotatable bonds is 4. The van der Waals surface area contributed by atoms with Crippen LogP contribution in [0.1, 0.15) is 11.1 Å². The van der Waals surface area contributed by atoms with Crippen LogP contribution in [0.5, 0.6) is 0 Å². The predicted molar refractivity (Wildman–Crippen MR) is 84.2 cm³/mol. The van der Waals surface area contributed by atoms with E-state index < -0.39 is 10.0 Å². The lowest BCUT2D eigenvalue weighted by atomic mass is 10.1. The van der Waals surface area contributed by atoms with Crippen LogP contribution in [0.15, 0.2) is 53.4 Å². The van der Waals surface area contributed by atoms with Crippen molar-refractivity contribution in [2.45, 2.75) is 11.8 Å². The number of aryl methyl sites for hydroxylation is 1. The van der Waals surface area contributed by atoms with Crippen molar-refractivity contribution in [2.24, 2.45) is 5.73 Å². The van der Waals surface area contributed by atoms with Gasteiger partial charge in [-0.1, -0.05) is 29.8 Å². The second-order valence-electron chi connectivity index (χ2n) is 4.72. The van der Waals surface area contributed by atoms with E-state index in [1.54, 1.807) is 48.5 Å². The minimum absolute atomic E-state index is 0.170. The van der Waals surface area contributed by atoms with E-state index in [0.717, 1.165) is 9.87 Å². The minimum Gasteiger partial charge on any atom is -0.384 e. The molecule has 0 amide bonds. The molecule has 0 saturated heterocycles. The lowest BCUT2D eigenvalue weighted by Gasteiger charge is -2.22. The van der Waals surface area contributed by atoms with Crippen molar-refractivity contribution >= 4 is 21.5 Å². The first-order valence-electron chi connectivity index (χ1n) is 6.33. The van der Waals surface area contributed by atoms with Crippen LogP contribution in [0.4, 0.5) is 5.69 Å². The third-order valence-electron chi connectivity index (χ3n) is 3.21. The lowest BCUT2D eigenvalue weighted by molar-refractivity contribution is 0.594. The van der Waals surface area contributed by atoms with E-state index in [1.165, 1.54) is 7.05 Å². The molecule has 0 aliphatic rings. The number of anilines is 1. The summed E-state index contributed by atoms with van der Waals surface area (Å²) < 4.78 is 26.4. The number of para-hydroxylation sites is 1. The summed E-state index contributed by atoms with van der Waals surface area (Å²) in [7, 11) is -2.23. The van der Waals surface area contributed by atoms with Crippen LogP contribution in [-0.4, -0.2) is 21.3 Å². The van der Waals surface area contributed by atoms with Crippen molar-refractivity contribution in [3.8, 4) is 0 Å². The van der Waals surface area contributed by atoms with Crippen molar-refractivity contribution in [1.82, 2.24) is 0 Å². The van der Waals surface area contributed by atoms with Crippen LogP contribution in [-0.2, 0) is 10.0 Å². The number of nitrogen functional groups attached to an aromatic ring is 1. The van der Waals surface area contributed by atoms with Crippen LogP contribution >= 0.6 is 0 Å². The van der Waals surface area contributed by atoms with E-state index in [0.29, 0.717) is 11.3 Å². The highest BCUT2D eigenvalue weighted by Gasteiger charge is 2.23. The summed E-state index contributed by atoms with van der Waals surface area (Å²) in [6, 6.07) is 13.3. The fraction of sp³-hybridized carbons (Fsp3) is 0.133. The molecule has 0 aliphatic heterocycles. The van der Waals surface area contributed by atoms with Gasteiger partial charge in [0.25, 0.3) is 10.0 Å². The van der Waals surface area contributed by atoms with Gasteiger partial charge >= 0.3 is 0 Å². The van der Waals surface area contributed by atoms with E-state index in [2.05, 4.69) is 0 Å². The molecule has 5 nitrogen and oxygen atoms in total. The molecule has 6 heteroatoms. The maximum Gasteiger partial charge on any atom is 0.264 e. The largest absolute Gasteiger partial charge is 0.384 e. The first-order chi connectivity index (χ1) is 9.84. The van der Waals surface area contributed by atoms with Crippen LogP contribution in [0.2, 0.25) is 0 Å². The van der Waals surface area contributed by atoms with E-state index >= 15 is 0 Å². The highest BCUT2D eigenvalue weighted by molar-refractivity contribution is 7.92. The number of nitrogens with one attached hydrogen (secondary N) is 1. The van der Waals surface area contributed by atoms with Crippen LogP contribution in [0.25, 0.3) is 0 Å². The van der Waals surface area contributed by atoms with Crippen molar-refractivity contribution in [1.29, 1.82) is 5.41 Å². The minimum atomic E-state index is -3.68. The van der Waals surface area contributed by atoms with Gasteiger partial charge in [0.15, 0.2) is 0 Å². The van der Waals surface area contributed by atoms with Gasteiger partial charge in [0.1, 0.15) is 5.84 Å². The Morgan fingerprint density at radius 1 is 1.10 bits per heavy atom. The van der Waals surface area contributed by atoms with Gasteiger partial charge in [-0.25, -0.2) is 8.42 Å². The summed E-state index contributed by atoms with van der Waals surface area (Å²) >= 11 is 0. The quantitative estimate of drug-likeness (QED) is 0.670. The molecule has 21 heavy (non-hydrogen) atoms. The van der Waals surface area contributed by atoms with Gasteiger partial charge in [0.2, 0.25) is 0 Å². The molecule has 3 N–H and O–H groups in total. The number of nitrogens with zero attached hydrogens (tertiary/aromatic N) is 1. The maximum absolute atomic E-state index is 12.6. The van der Waals surface area contributed by atoms with Gasteiger partial charge in [0, 0.05) is 12.6 Å². The van der Waals surface area contributed by atoms with Crippen molar-refractivity contribution in [2.75, 3.05) is 11.4 Å². The monoisotopic (exact) mass is 303 g/mol. The summed E-state index contributed by atoms with van der Waals surface area (Å²) in [5.41, 5.74) is 7.27. The van der Waals surface area contributed by atoms with Gasteiger partial charge in [-0.3, -0.25) is 9.71 Å². The molecule has 2 rings (SSSR count). The Morgan fingerprint density at radius 2 is 1.67 bits per heavy atom. The first kappa shape index (κ1) is 15.1. The average Bonchev–Trinajstić information content (AvgIpc) is 2.46. The molecule has 2 aromatic carbocycles. The lowest BCUT2D eigenvalue weighted by Crippen LogP contribution is -2.29. The molecule has 0 aliphatic carbocycles. The number of hydrogen-bond donors (Lipinski definition) is 2. The third kappa shape index (κ3) is 2.90. The average molecular weight is 303 g/mol. The van der Waals surface area contributed by atoms with E-state index in [-0.39, 0.29) is 10.7 Å². The second-order valence-corrected chi connectivity index (χ2v) is 6.69.